The van der Waals surface area contributed by atoms with Gasteiger partial charge < -0.3 is 15.0 Å². The highest BCUT2D eigenvalue weighted by molar-refractivity contribution is 7.99. The Labute approximate surface area is 243 Å². The van der Waals surface area contributed by atoms with Crippen LogP contribution in [-0.2, 0) is 20.7 Å². The summed E-state index contributed by atoms with van der Waals surface area (Å²) in [5, 5.41) is 2.76. The van der Waals surface area contributed by atoms with Crippen LogP contribution in [0.5, 0.6) is 0 Å². The molecule has 0 radical (unpaired) electrons. The maximum atomic E-state index is 15.2. The summed E-state index contributed by atoms with van der Waals surface area (Å²) in [6.45, 7) is 16.9. The lowest BCUT2D eigenvalue weighted by atomic mass is 10.0. The number of halogens is 1. The molecule has 0 aliphatic carbocycles. The second kappa shape index (κ2) is 15.4. The number of hydrogen-bond donors (Lipinski definition) is 1. The molecule has 0 bridgehead atoms. The highest BCUT2D eigenvalue weighted by Gasteiger charge is 2.38. The highest BCUT2D eigenvalue weighted by atomic mass is 32.2. The lowest BCUT2D eigenvalue weighted by Gasteiger charge is -2.31. The van der Waals surface area contributed by atoms with Gasteiger partial charge >= 0.3 is 0 Å². The zero-order valence-corrected chi connectivity index (χ0v) is 25.4. The van der Waals surface area contributed by atoms with E-state index in [-0.39, 0.29) is 24.5 Å². The molecule has 2 aliphatic heterocycles. The molecule has 8 heteroatoms. The molecular formula is C32H44FN3O3S. The average molecular weight is 570 g/mol. The third-order valence-corrected chi connectivity index (χ3v) is 8.22. The molecule has 2 unspecified atom stereocenters. The third-order valence-electron chi connectivity index (χ3n) is 7.28. The van der Waals surface area contributed by atoms with Crippen LogP contribution in [0.1, 0.15) is 50.8 Å². The summed E-state index contributed by atoms with van der Waals surface area (Å²) in [7, 11) is 0. The first-order valence-corrected chi connectivity index (χ1v) is 15.5. The molecule has 2 heterocycles. The van der Waals surface area contributed by atoms with Gasteiger partial charge in [0.1, 0.15) is 5.82 Å². The Morgan fingerprint density at radius 1 is 1.15 bits per heavy atom. The molecule has 218 valence electrons. The molecule has 0 saturated carbocycles. The van der Waals surface area contributed by atoms with Crippen LogP contribution < -0.4 is 5.32 Å². The molecule has 2 saturated heterocycles. The number of carbonyl (C=O) groups is 2. The van der Waals surface area contributed by atoms with Crippen LogP contribution in [0.25, 0.3) is 5.57 Å². The number of aryl methyl sites for hydroxylation is 1. The van der Waals surface area contributed by atoms with Crippen molar-refractivity contribution in [3.05, 3.63) is 71.6 Å². The van der Waals surface area contributed by atoms with Gasteiger partial charge in [0.15, 0.2) is 0 Å². The predicted molar refractivity (Wildman–Crippen MR) is 164 cm³/mol. The quantitative estimate of drug-likeness (QED) is 0.387. The fraction of sp³-hybridized carbons (Fsp3) is 0.500. The number of likely N-dealkylation sites (tertiary alicyclic amines) is 1. The monoisotopic (exact) mass is 569 g/mol. The SMILES string of the molecule is C=C(C(=O)Nc1cc(F)c(CC(=O)N2CC(N3CCSCC3)CC2COC(C)C)cc1C)c1ccccc1.CC. The van der Waals surface area contributed by atoms with Gasteiger partial charge in [-0.25, -0.2) is 4.39 Å². The number of anilines is 1. The molecule has 1 N–H and O–H groups in total. The summed E-state index contributed by atoms with van der Waals surface area (Å²) in [6, 6.07) is 12.4. The van der Waals surface area contributed by atoms with E-state index in [1.165, 1.54) is 6.07 Å². The zero-order chi connectivity index (χ0) is 29.2. The molecule has 6 nitrogen and oxygen atoms in total. The van der Waals surface area contributed by atoms with Crippen LogP contribution >= 0.6 is 11.8 Å². The smallest absolute Gasteiger partial charge is 0.255 e. The van der Waals surface area contributed by atoms with Crippen molar-refractivity contribution in [2.24, 2.45) is 0 Å². The largest absolute Gasteiger partial charge is 0.377 e. The molecule has 2 amide bonds. The molecule has 2 fully saturated rings. The topological polar surface area (TPSA) is 61.9 Å². The average Bonchev–Trinajstić information content (AvgIpc) is 3.40. The summed E-state index contributed by atoms with van der Waals surface area (Å²) in [5.41, 5.74) is 2.39. The number of rotatable bonds is 9. The first-order valence-electron chi connectivity index (χ1n) is 14.3. The summed E-state index contributed by atoms with van der Waals surface area (Å²) in [5.74, 6) is 1.23. The molecule has 2 aromatic rings. The highest BCUT2D eigenvalue weighted by Crippen LogP contribution is 2.28. The Bertz CT molecular complexity index is 1150. The maximum Gasteiger partial charge on any atom is 0.255 e. The lowest BCUT2D eigenvalue weighted by molar-refractivity contribution is -0.133. The van der Waals surface area contributed by atoms with Crippen molar-refractivity contribution in [1.82, 2.24) is 9.80 Å². The van der Waals surface area contributed by atoms with E-state index in [1.54, 1.807) is 25.1 Å². The number of ether oxygens (including phenoxy) is 1. The Hall–Kier alpha value is -2.68. The van der Waals surface area contributed by atoms with Gasteiger partial charge in [-0.2, -0.15) is 11.8 Å². The van der Waals surface area contributed by atoms with Crippen LogP contribution in [0.2, 0.25) is 0 Å². The van der Waals surface area contributed by atoms with Gasteiger partial charge in [-0.3, -0.25) is 14.5 Å². The molecule has 2 aliphatic rings. The van der Waals surface area contributed by atoms with Gasteiger partial charge in [-0.05, 0) is 49.9 Å². The van der Waals surface area contributed by atoms with Crippen molar-refractivity contribution < 1.29 is 18.7 Å². The molecule has 4 rings (SSSR count). The van der Waals surface area contributed by atoms with Crippen LogP contribution in [0.3, 0.4) is 0 Å². The minimum atomic E-state index is -0.511. The van der Waals surface area contributed by atoms with Crippen molar-refractivity contribution in [2.45, 2.75) is 65.6 Å². The Balaban J connectivity index is 0.00000216. The Morgan fingerprint density at radius 2 is 1.82 bits per heavy atom. The Kier molecular flexibility index (Phi) is 12.2. The molecule has 0 aromatic heterocycles. The number of carbonyl (C=O) groups excluding carboxylic acids is 2. The predicted octanol–water partition coefficient (Wildman–Crippen LogP) is 5.80. The molecule has 2 aromatic carbocycles. The number of hydrogen-bond acceptors (Lipinski definition) is 5. The van der Waals surface area contributed by atoms with Gasteiger partial charge in [0.2, 0.25) is 5.91 Å². The number of benzene rings is 2. The standard InChI is InChI=1S/C30H38FN3O3S.C2H6/c1-20(2)37-19-26-16-25(33-10-12-38-13-11-33)18-34(26)29(35)15-24-14-21(3)28(17-27(24)31)32-30(36)22(4)23-8-6-5-7-9-23;1-2/h5-9,14,17,20,25-26H,4,10-13,15-16,18-19H2,1-3H3,(H,32,36);1-2H3. The van der Waals surface area contributed by atoms with E-state index in [2.05, 4.69) is 16.8 Å². The number of thioether (sulfide) groups is 1. The van der Waals surface area contributed by atoms with Crippen molar-refractivity contribution in [3.8, 4) is 0 Å². The molecule has 2 atom stereocenters. The number of amides is 2. The van der Waals surface area contributed by atoms with E-state index in [1.807, 2.05) is 62.6 Å². The zero-order valence-electron chi connectivity index (χ0n) is 24.5. The fourth-order valence-electron chi connectivity index (χ4n) is 5.11. The minimum absolute atomic E-state index is 0.0174. The van der Waals surface area contributed by atoms with Gasteiger partial charge in [0, 0.05) is 48.4 Å². The normalized spacial score (nSPS) is 19.2. The summed E-state index contributed by atoms with van der Waals surface area (Å²) in [4.78, 5) is 30.6. The number of nitrogens with one attached hydrogen (secondary N) is 1. The minimum Gasteiger partial charge on any atom is -0.377 e. The van der Waals surface area contributed by atoms with Crippen LogP contribution in [-0.4, -0.2) is 77.5 Å². The van der Waals surface area contributed by atoms with Gasteiger partial charge in [0.25, 0.3) is 5.91 Å². The second-order valence-corrected chi connectivity index (χ2v) is 11.6. The van der Waals surface area contributed by atoms with Crippen molar-refractivity contribution in [3.63, 3.8) is 0 Å². The van der Waals surface area contributed by atoms with Crippen LogP contribution in [0.15, 0.2) is 49.0 Å². The van der Waals surface area contributed by atoms with Crippen LogP contribution in [0.4, 0.5) is 10.1 Å². The molecule has 40 heavy (non-hydrogen) atoms. The first kappa shape index (κ1) is 31.8. The summed E-state index contributed by atoms with van der Waals surface area (Å²) < 4.78 is 21.1. The van der Waals surface area contributed by atoms with E-state index in [4.69, 9.17) is 4.74 Å². The van der Waals surface area contributed by atoms with E-state index < -0.39 is 11.7 Å². The fourth-order valence-corrected chi connectivity index (χ4v) is 6.04. The summed E-state index contributed by atoms with van der Waals surface area (Å²) >= 11 is 1.97. The van der Waals surface area contributed by atoms with E-state index in [0.29, 0.717) is 47.1 Å². The van der Waals surface area contributed by atoms with Crippen LogP contribution in [0, 0.1) is 12.7 Å². The van der Waals surface area contributed by atoms with Crippen molar-refractivity contribution in [1.29, 1.82) is 0 Å². The van der Waals surface area contributed by atoms with E-state index in [0.717, 1.165) is 31.0 Å². The summed E-state index contributed by atoms with van der Waals surface area (Å²) in [6.07, 6.45) is 0.928. The lowest BCUT2D eigenvalue weighted by Crippen LogP contribution is -2.44. The maximum absolute atomic E-state index is 15.2. The van der Waals surface area contributed by atoms with Crippen molar-refractivity contribution >= 4 is 34.8 Å². The van der Waals surface area contributed by atoms with Gasteiger partial charge in [-0.15, -0.1) is 0 Å². The van der Waals surface area contributed by atoms with Crippen molar-refractivity contribution in [2.75, 3.05) is 43.1 Å². The molecular weight excluding hydrogens is 525 g/mol. The van der Waals surface area contributed by atoms with Gasteiger partial charge in [0.05, 0.1) is 25.2 Å². The Morgan fingerprint density at radius 3 is 2.48 bits per heavy atom. The number of nitrogens with zero attached hydrogens (tertiary/aromatic N) is 2. The third kappa shape index (κ3) is 8.41. The van der Waals surface area contributed by atoms with E-state index in [9.17, 15) is 9.59 Å². The van der Waals surface area contributed by atoms with E-state index >= 15 is 4.39 Å². The van der Waals surface area contributed by atoms with Gasteiger partial charge in [-0.1, -0.05) is 56.8 Å². The molecule has 0 spiro atoms. The first-order chi connectivity index (χ1) is 19.2. The second-order valence-electron chi connectivity index (χ2n) is 10.4.